The van der Waals surface area contributed by atoms with Crippen LogP contribution in [0.3, 0.4) is 0 Å². The Bertz CT molecular complexity index is 1830. The summed E-state index contributed by atoms with van der Waals surface area (Å²) >= 11 is 0.128. The van der Waals surface area contributed by atoms with Gasteiger partial charge in [0.1, 0.15) is 27.8 Å². The Kier molecular flexibility index (Phi) is 8.09. The van der Waals surface area contributed by atoms with Gasteiger partial charge in [-0.25, -0.2) is 17.7 Å². The number of thiazole rings is 1. The molecule has 2 atom stereocenters. The highest BCUT2D eigenvalue weighted by Gasteiger charge is 2.37. The molecule has 15 heteroatoms. The van der Waals surface area contributed by atoms with Crippen LogP contribution in [0, 0.1) is 0 Å². The third-order valence-electron chi connectivity index (χ3n) is 8.21. The Morgan fingerprint density at radius 2 is 1.89 bits per heavy atom. The molecule has 0 radical (unpaired) electrons. The number of hydrogen-bond acceptors (Lipinski definition) is 11. The number of benzene rings is 1. The van der Waals surface area contributed by atoms with E-state index in [1.165, 1.54) is 21.9 Å². The van der Waals surface area contributed by atoms with E-state index in [0.29, 0.717) is 58.5 Å². The lowest BCUT2D eigenvalue weighted by Gasteiger charge is -2.31. The van der Waals surface area contributed by atoms with Crippen LogP contribution in [0.1, 0.15) is 38.1 Å². The average molecular weight is 656 g/mol. The minimum Gasteiger partial charge on any atom is -0.610 e. The van der Waals surface area contributed by atoms with Crippen LogP contribution in [-0.2, 0) is 21.2 Å². The highest BCUT2D eigenvalue weighted by atomic mass is 32.2. The first-order valence-electron chi connectivity index (χ1n) is 14.7. The number of rotatable bonds is 9. The maximum Gasteiger partial charge on any atom is 0.262 e. The predicted octanol–water partition coefficient (Wildman–Crippen LogP) is 3.27. The van der Waals surface area contributed by atoms with Gasteiger partial charge in [-0.15, -0.1) is 11.3 Å². The van der Waals surface area contributed by atoms with Crippen LogP contribution in [0.25, 0.3) is 21.6 Å². The number of aromatic nitrogens is 4. The van der Waals surface area contributed by atoms with E-state index < -0.39 is 21.2 Å². The van der Waals surface area contributed by atoms with Crippen LogP contribution in [0.2, 0.25) is 0 Å². The van der Waals surface area contributed by atoms with Gasteiger partial charge in [-0.1, -0.05) is 0 Å². The highest BCUT2D eigenvalue weighted by Crippen LogP contribution is 2.36. The summed E-state index contributed by atoms with van der Waals surface area (Å²) in [6.07, 6.45) is 6.81. The number of piperidine rings is 1. The van der Waals surface area contributed by atoms with Crippen molar-refractivity contribution in [3.63, 3.8) is 0 Å². The summed E-state index contributed by atoms with van der Waals surface area (Å²) in [5.74, 6) is 1.12. The van der Waals surface area contributed by atoms with E-state index >= 15 is 0 Å². The van der Waals surface area contributed by atoms with Gasteiger partial charge in [0, 0.05) is 67.0 Å². The third kappa shape index (κ3) is 6.21. The lowest BCUT2D eigenvalue weighted by Crippen LogP contribution is -2.40. The van der Waals surface area contributed by atoms with Crippen molar-refractivity contribution < 1.29 is 17.7 Å². The van der Waals surface area contributed by atoms with Gasteiger partial charge >= 0.3 is 0 Å². The zero-order valence-corrected chi connectivity index (χ0v) is 26.6. The summed E-state index contributed by atoms with van der Waals surface area (Å²) < 4.78 is 46.2. The Morgan fingerprint density at radius 3 is 2.57 bits per heavy atom. The second-order valence-corrected chi connectivity index (χ2v) is 16.0. The summed E-state index contributed by atoms with van der Waals surface area (Å²) in [5, 5.41) is 10.1. The van der Waals surface area contributed by atoms with Gasteiger partial charge in [0.05, 0.1) is 17.2 Å². The van der Waals surface area contributed by atoms with Crippen LogP contribution < -0.4 is 20.9 Å². The lowest BCUT2D eigenvalue weighted by atomic mass is 10.1. The van der Waals surface area contributed by atoms with Crippen molar-refractivity contribution in [2.45, 2.75) is 54.5 Å². The average Bonchev–Trinajstić information content (AvgIpc) is 3.52. The second-order valence-electron chi connectivity index (χ2n) is 11.5. The Labute approximate surface area is 262 Å². The van der Waals surface area contributed by atoms with Crippen molar-refractivity contribution in [2.24, 2.45) is 0 Å². The topological polar surface area (TPSA) is 154 Å². The number of hydrogen-bond donors (Lipinski definition) is 2. The third-order valence-corrected chi connectivity index (χ3v) is 12.2. The van der Waals surface area contributed by atoms with Crippen LogP contribution in [-0.4, -0.2) is 80.6 Å². The molecular formula is C29H33N7O5S3. The van der Waals surface area contributed by atoms with E-state index in [9.17, 15) is 17.8 Å². The fourth-order valence-corrected chi connectivity index (χ4v) is 8.93. The van der Waals surface area contributed by atoms with Crippen LogP contribution in [0.5, 0.6) is 5.75 Å². The number of anilines is 2. The summed E-state index contributed by atoms with van der Waals surface area (Å²) in [6.45, 7) is 2.42. The van der Waals surface area contributed by atoms with E-state index in [1.54, 1.807) is 22.2 Å². The molecule has 0 amide bonds. The first-order valence-corrected chi connectivity index (χ1v) is 18.7. The normalized spacial score (nSPS) is 20.6. The number of sulfonamides is 1. The largest absolute Gasteiger partial charge is 0.610 e. The predicted molar refractivity (Wildman–Crippen MR) is 171 cm³/mol. The van der Waals surface area contributed by atoms with Crippen LogP contribution in [0.4, 0.5) is 11.6 Å². The summed E-state index contributed by atoms with van der Waals surface area (Å²) in [7, 11) is -3.33. The number of ether oxygens (including phenoxy) is 1. The first-order chi connectivity index (χ1) is 21.2. The standard InChI is InChI=1S/C29H33N7O5S3/c1-44(39,40)35-12-9-20(10-13-35)36-26-18(14-24(28(36)37)27-33-25(17-42-27)43(38)23-6-7-23)15-31-29(34-26)32-19-2-4-21(5-3-19)41-22-8-11-30-16-22/h2-5,14-15,17,20,22-23,30H,6-13,16H2,1H3,(H,31,32,34). The maximum atomic E-state index is 14.2. The van der Waals surface area contributed by atoms with Crippen LogP contribution in [0.15, 0.2) is 51.7 Å². The smallest absolute Gasteiger partial charge is 0.262 e. The molecule has 44 heavy (non-hydrogen) atoms. The monoisotopic (exact) mass is 655 g/mol. The minimum atomic E-state index is -3.33. The highest BCUT2D eigenvalue weighted by molar-refractivity contribution is 7.92. The molecular weight excluding hydrogens is 623 g/mol. The number of fused-ring (bicyclic) bond motifs is 1. The summed E-state index contributed by atoms with van der Waals surface area (Å²) in [6, 6.07) is 9.07. The van der Waals surface area contributed by atoms with Crippen molar-refractivity contribution in [1.29, 1.82) is 0 Å². The fourth-order valence-electron chi connectivity index (χ4n) is 5.70. The molecule has 1 saturated carbocycles. The van der Waals surface area contributed by atoms with Gasteiger partial charge in [-0.3, -0.25) is 9.36 Å². The van der Waals surface area contributed by atoms with Gasteiger partial charge in [0.2, 0.25) is 16.0 Å². The zero-order valence-electron chi connectivity index (χ0n) is 24.1. The zero-order chi connectivity index (χ0) is 30.4. The van der Waals surface area contributed by atoms with E-state index in [2.05, 4.69) is 20.6 Å². The Morgan fingerprint density at radius 1 is 1.11 bits per heavy atom. The van der Waals surface area contributed by atoms with Gasteiger partial charge in [0.15, 0.2) is 0 Å². The SMILES string of the molecule is CS(=O)(=O)N1CCC(n2c(=O)c(-c3nc([S+]([O-])C4CC4)cs3)cc3cnc(Nc4ccc(OC5CCNC5)cc4)nc32)CC1. The molecule has 0 spiro atoms. The number of nitrogens with one attached hydrogen (secondary N) is 2. The Hall–Kier alpha value is -3.08. The second kappa shape index (κ2) is 12.0. The molecule has 7 rings (SSSR count). The van der Waals surface area contributed by atoms with Gasteiger partial charge in [-0.05, 0) is 56.1 Å². The molecule has 2 unspecified atom stereocenters. The molecule has 2 aliphatic heterocycles. The molecule has 232 valence electrons. The molecule has 2 N–H and O–H groups in total. The van der Waals surface area contributed by atoms with E-state index in [1.807, 2.05) is 24.3 Å². The van der Waals surface area contributed by atoms with Gasteiger partial charge in [0.25, 0.3) is 10.6 Å². The van der Waals surface area contributed by atoms with Gasteiger partial charge < -0.3 is 19.9 Å². The van der Waals surface area contributed by atoms with E-state index in [-0.39, 0.29) is 23.0 Å². The molecule has 3 aliphatic rings. The van der Waals surface area contributed by atoms with Crippen LogP contribution >= 0.6 is 11.3 Å². The molecule has 4 aromatic rings. The van der Waals surface area contributed by atoms with Crippen molar-refractivity contribution in [1.82, 2.24) is 29.1 Å². The fraction of sp³-hybridized carbons (Fsp3) is 0.448. The van der Waals surface area contributed by atoms with Crippen molar-refractivity contribution in [2.75, 3.05) is 37.8 Å². The Balaban J connectivity index is 1.22. The first kappa shape index (κ1) is 29.6. The molecule has 3 aromatic heterocycles. The number of nitrogens with zero attached hydrogens (tertiary/aromatic N) is 5. The van der Waals surface area contributed by atoms with Crippen molar-refractivity contribution in [3.8, 4) is 16.3 Å². The molecule has 5 heterocycles. The summed E-state index contributed by atoms with van der Waals surface area (Å²) in [5.41, 5.74) is 1.36. The van der Waals surface area contributed by atoms with E-state index in [0.717, 1.165) is 43.8 Å². The molecule has 1 aliphatic carbocycles. The lowest BCUT2D eigenvalue weighted by molar-refractivity contribution is 0.223. The van der Waals surface area contributed by atoms with E-state index in [4.69, 9.17) is 9.72 Å². The molecule has 1 aromatic carbocycles. The maximum absolute atomic E-state index is 14.2. The number of pyridine rings is 1. The van der Waals surface area contributed by atoms with Gasteiger partial charge in [-0.2, -0.15) is 9.97 Å². The van der Waals surface area contributed by atoms with Crippen molar-refractivity contribution >= 4 is 55.2 Å². The molecule has 2 saturated heterocycles. The minimum absolute atomic E-state index is 0.144. The van der Waals surface area contributed by atoms with Crippen molar-refractivity contribution in [3.05, 3.63) is 52.3 Å². The quantitative estimate of drug-likeness (QED) is 0.257. The molecule has 0 bridgehead atoms. The summed E-state index contributed by atoms with van der Waals surface area (Å²) in [4.78, 5) is 28.1. The molecule has 3 fully saturated rings. The molecule has 12 nitrogen and oxygen atoms in total.